The summed E-state index contributed by atoms with van der Waals surface area (Å²) in [5.41, 5.74) is -0.362. The van der Waals surface area contributed by atoms with E-state index in [4.69, 9.17) is 9.47 Å². The SMILES string of the molecule is COC(=O)[C@@H](O)[C@H](Br)C(=O)N(CC(=O)OC(C)(C)C)c1ccc(OC)cc1. The molecule has 0 heterocycles. The van der Waals surface area contributed by atoms with Crippen LogP contribution in [0.5, 0.6) is 5.75 Å². The Kier molecular flexibility index (Phi) is 8.23. The molecule has 27 heavy (non-hydrogen) atoms. The molecule has 1 N–H and O–H groups in total. The standard InChI is InChI=1S/C18H24BrNO7/c1-18(2,3)27-13(21)10-20(11-6-8-12(25-4)9-7-11)16(23)14(19)15(22)17(24)26-5/h6-9,14-15,22H,10H2,1-5H3/t14-,15-/m0/s1. The molecule has 1 aromatic carbocycles. The third-order valence-electron chi connectivity index (χ3n) is 3.31. The molecule has 0 fully saturated rings. The molecule has 0 aromatic heterocycles. The van der Waals surface area contributed by atoms with Crippen molar-refractivity contribution in [2.45, 2.75) is 37.3 Å². The average Bonchev–Trinajstić information content (AvgIpc) is 2.62. The minimum Gasteiger partial charge on any atom is -0.497 e. The van der Waals surface area contributed by atoms with Crippen LogP contribution < -0.4 is 9.64 Å². The molecule has 1 rings (SSSR count). The molecule has 0 saturated carbocycles. The minimum atomic E-state index is -1.73. The summed E-state index contributed by atoms with van der Waals surface area (Å²) in [5, 5.41) is 9.95. The molecule has 0 aliphatic rings. The number of aliphatic hydroxyl groups is 1. The molecule has 0 bridgehead atoms. The van der Waals surface area contributed by atoms with E-state index in [0.29, 0.717) is 11.4 Å². The largest absolute Gasteiger partial charge is 0.497 e. The number of alkyl halides is 1. The highest BCUT2D eigenvalue weighted by atomic mass is 79.9. The second kappa shape index (κ2) is 9.70. The lowest BCUT2D eigenvalue weighted by Crippen LogP contribution is -2.47. The number of nitrogens with zero attached hydrogens (tertiary/aromatic N) is 1. The number of esters is 2. The van der Waals surface area contributed by atoms with Crippen LogP contribution in [0.3, 0.4) is 0 Å². The van der Waals surface area contributed by atoms with Gasteiger partial charge < -0.3 is 24.2 Å². The van der Waals surface area contributed by atoms with Gasteiger partial charge in [0.1, 0.15) is 22.7 Å². The van der Waals surface area contributed by atoms with Gasteiger partial charge in [0.05, 0.1) is 14.2 Å². The first-order valence-corrected chi connectivity index (χ1v) is 8.99. The fraction of sp³-hybridized carbons (Fsp3) is 0.500. The zero-order valence-electron chi connectivity index (χ0n) is 15.9. The number of hydrogen-bond acceptors (Lipinski definition) is 7. The van der Waals surface area contributed by atoms with Crippen molar-refractivity contribution in [3.63, 3.8) is 0 Å². The number of carbonyl (C=O) groups is 3. The fourth-order valence-electron chi connectivity index (χ4n) is 2.09. The molecule has 1 amide bonds. The van der Waals surface area contributed by atoms with Crippen molar-refractivity contribution >= 4 is 39.5 Å². The first-order valence-electron chi connectivity index (χ1n) is 8.07. The van der Waals surface area contributed by atoms with Crippen molar-refractivity contribution in [2.24, 2.45) is 0 Å². The van der Waals surface area contributed by atoms with Crippen LogP contribution in [-0.4, -0.2) is 60.2 Å². The molecule has 8 nitrogen and oxygen atoms in total. The summed E-state index contributed by atoms with van der Waals surface area (Å²) in [6.07, 6.45) is -1.73. The van der Waals surface area contributed by atoms with Gasteiger partial charge in [0, 0.05) is 5.69 Å². The van der Waals surface area contributed by atoms with Gasteiger partial charge in [-0.2, -0.15) is 0 Å². The van der Waals surface area contributed by atoms with E-state index in [0.717, 1.165) is 12.0 Å². The van der Waals surface area contributed by atoms with E-state index in [-0.39, 0.29) is 0 Å². The lowest BCUT2D eigenvalue weighted by molar-refractivity contribution is -0.153. The van der Waals surface area contributed by atoms with Gasteiger partial charge >= 0.3 is 11.9 Å². The van der Waals surface area contributed by atoms with Crippen LogP contribution in [-0.2, 0) is 23.9 Å². The van der Waals surface area contributed by atoms with Gasteiger partial charge in [0.25, 0.3) is 0 Å². The van der Waals surface area contributed by atoms with E-state index < -0.39 is 40.9 Å². The second-order valence-corrected chi connectivity index (χ2v) is 7.57. The highest BCUT2D eigenvalue weighted by molar-refractivity contribution is 9.10. The van der Waals surface area contributed by atoms with Crippen LogP contribution in [0.15, 0.2) is 24.3 Å². The first-order chi connectivity index (χ1) is 12.5. The predicted molar refractivity (Wildman–Crippen MR) is 102 cm³/mol. The smallest absolute Gasteiger partial charge is 0.336 e. The number of halogens is 1. The van der Waals surface area contributed by atoms with Crippen molar-refractivity contribution in [1.29, 1.82) is 0 Å². The molecule has 0 spiro atoms. The zero-order chi connectivity index (χ0) is 20.8. The Bertz CT molecular complexity index is 669. The lowest BCUT2D eigenvalue weighted by Gasteiger charge is -2.27. The van der Waals surface area contributed by atoms with Crippen LogP contribution in [0, 0.1) is 0 Å². The Labute approximate surface area is 166 Å². The molecule has 1 aromatic rings. The van der Waals surface area contributed by atoms with Gasteiger partial charge in [-0.15, -0.1) is 0 Å². The van der Waals surface area contributed by atoms with Crippen LogP contribution in [0.4, 0.5) is 5.69 Å². The summed E-state index contributed by atoms with van der Waals surface area (Å²) in [5.74, 6) is -1.76. The number of aliphatic hydroxyl groups excluding tert-OH is 1. The van der Waals surface area contributed by atoms with E-state index >= 15 is 0 Å². The Morgan fingerprint density at radius 3 is 2.15 bits per heavy atom. The van der Waals surface area contributed by atoms with Gasteiger partial charge in [-0.1, -0.05) is 15.9 Å². The molecule has 0 saturated heterocycles. The number of ether oxygens (including phenoxy) is 3. The molecular formula is C18H24BrNO7. The van der Waals surface area contributed by atoms with Crippen molar-refractivity contribution < 1.29 is 33.7 Å². The topological polar surface area (TPSA) is 102 Å². The van der Waals surface area contributed by atoms with Crippen molar-refractivity contribution in [1.82, 2.24) is 0 Å². The zero-order valence-corrected chi connectivity index (χ0v) is 17.5. The van der Waals surface area contributed by atoms with Gasteiger partial charge in [-0.05, 0) is 45.0 Å². The predicted octanol–water partition coefficient (Wildman–Crippen LogP) is 1.67. The number of amides is 1. The normalized spacial score (nSPS) is 13.3. The fourth-order valence-corrected chi connectivity index (χ4v) is 2.55. The van der Waals surface area contributed by atoms with Crippen LogP contribution >= 0.6 is 15.9 Å². The summed E-state index contributed by atoms with van der Waals surface area (Å²) in [7, 11) is 2.59. The summed E-state index contributed by atoms with van der Waals surface area (Å²) >= 11 is 3.01. The Morgan fingerprint density at radius 1 is 1.15 bits per heavy atom. The van der Waals surface area contributed by atoms with E-state index in [1.165, 1.54) is 7.11 Å². The molecule has 150 valence electrons. The maximum atomic E-state index is 12.8. The minimum absolute atomic E-state index is 0.369. The number of benzene rings is 1. The quantitative estimate of drug-likeness (QED) is 0.502. The van der Waals surface area contributed by atoms with E-state index in [9.17, 15) is 19.5 Å². The van der Waals surface area contributed by atoms with Gasteiger partial charge in [-0.3, -0.25) is 9.59 Å². The molecular weight excluding hydrogens is 422 g/mol. The molecule has 2 atom stereocenters. The van der Waals surface area contributed by atoms with E-state index in [1.807, 2.05) is 0 Å². The van der Waals surface area contributed by atoms with Crippen LogP contribution in [0.25, 0.3) is 0 Å². The number of rotatable bonds is 7. The molecule has 0 unspecified atom stereocenters. The summed E-state index contributed by atoms with van der Waals surface area (Å²) in [6.45, 7) is 4.72. The third kappa shape index (κ3) is 6.84. The average molecular weight is 446 g/mol. The maximum absolute atomic E-state index is 12.8. The highest BCUT2D eigenvalue weighted by Gasteiger charge is 2.35. The van der Waals surface area contributed by atoms with Gasteiger partial charge in [0.2, 0.25) is 5.91 Å². The van der Waals surface area contributed by atoms with Crippen LogP contribution in [0.1, 0.15) is 20.8 Å². The molecule has 0 aliphatic heterocycles. The van der Waals surface area contributed by atoms with E-state index in [1.54, 1.807) is 45.0 Å². The van der Waals surface area contributed by atoms with Crippen LogP contribution in [0.2, 0.25) is 0 Å². The summed E-state index contributed by atoms with van der Waals surface area (Å²) in [4.78, 5) is 36.4. The van der Waals surface area contributed by atoms with Crippen molar-refractivity contribution in [2.75, 3.05) is 25.7 Å². The van der Waals surface area contributed by atoms with Gasteiger partial charge in [0.15, 0.2) is 6.10 Å². The van der Waals surface area contributed by atoms with Crippen molar-refractivity contribution in [3.8, 4) is 5.75 Å². The Morgan fingerprint density at radius 2 is 1.70 bits per heavy atom. The molecule has 9 heteroatoms. The highest BCUT2D eigenvalue weighted by Crippen LogP contribution is 2.23. The number of hydrogen-bond donors (Lipinski definition) is 1. The number of methoxy groups -OCH3 is 2. The van der Waals surface area contributed by atoms with E-state index in [2.05, 4.69) is 20.7 Å². The van der Waals surface area contributed by atoms with Gasteiger partial charge in [-0.25, -0.2) is 4.79 Å². The molecule has 0 radical (unpaired) electrons. The third-order valence-corrected chi connectivity index (χ3v) is 4.21. The second-order valence-electron chi connectivity index (χ2n) is 6.58. The lowest BCUT2D eigenvalue weighted by atomic mass is 10.2. The molecule has 0 aliphatic carbocycles. The number of anilines is 1. The summed E-state index contributed by atoms with van der Waals surface area (Å²) < 4.78 is 14.8. The monoisotopic (exact) mass is 445 g/mol. The summed E-state index contributed by atoms with van der Waals surface area (Å²) in [6, 6.07) is 6.38. The Balaban J connectivity index is 3.13. The van der Waals surface area contributed by atoms with Crippen molar-refractivity contribution in [3.05, 3.63) is 24.3 Å². The first kappa shape index (κ1) is 22.9. The number of carbonyl (C=O) groups excluding carboxylic acids is 3. The Hall–Kier alpha value is -2.13. The maximum Gasteiger partial charge on any atom is 0.336 e.